The predicted molar refractivity (Wildman–Crippen MR) is 133 cm³/mol. The summed E-state index contributed by atoms with van der Waals surface area (Å²) >= 11 is 6.31. The summed E-state index contributed by atoms with van der Waals surface area (Å²) in [5, 5.41) is 3.70. The number of nitrogens with zero attached hydrogens (tertiary/aromatic N) is 4. The van der Waals surface area contributed by atoms with Crippen LogP contribution in [0.25, 0.3) is 0 Å². The number of nitrogens with one attached hydrogen (secondary N) is 1. The SMILES string of the molecule is CC.O=C(Nc1cccnc1)N1CCN(C2c3ccc(Cl)cc3CCc3cccnc32)CC1. The summed E-state index contributed by atoms with van der Waals surface area (Å²) in [6.45, 7) is 6.88. The number of fused-ring (bicyclic) bond motifs is 2. The Balaban J connectivity index is 0.00000126. The molecular weight excluding hydrogens is 434 g/mol. The Bertz CT molecular complexity index is 1080. The van der Waals surface area contributed by atoms with Crippen molar-refractivity contribution in [1.29, 1.82) is 0 Å². The van der Waals surface area contributed by atoms with Crippen LogP contribution < -0.4 is 5.32 Å². The van der Waals surface area contributed by atoms with E-state index in [4.69, 9.17) is 16.6 Å². The van der Waals surface area contributed by atoms with Crippen molar-refractivity contribution in [2.24, 2.45) is 0 Å². The molecule has 1 aromatic carbocycles. The number of halogens is 1. The van der Waals surface area contributed by atoms with E-state index in [-0.39, 0.29) is 12.1 Å². The number of anilines is 1. The van der Waals surface area contributed by atoms with Gasteiger partial charge in [-0.25, -0.2) is 4.79 Å². The highest BCUT2D eigenvalue weighted by Gasteiger charge is 2.33. The third-order valence-corrected chi connectivity index (χ3v) is 6.36. The summed E-state index contributed by atoms with van der Waals surface area (Å²) < 4.78 is 0. The predicted octanol–water partition coefficient (Wildman–Crippen LogP) is 5.19. The molecule has 2 aliphatic rings. The maximum atomic E-state index is 12.7. The molecule has 1 N–H and O–H groups in total. The van der Waals surface area contributed by atoms with Gasteiger partial charge in [0.15, 0.2) is 0 Å². The molecule has 7 heteroatoms. The van der Waals surface area contributed by atoms with Crippen molar-refractivity contribution in [3.05, 3.63) is 88.5 Å². The summed E-state index contributed by atoms with van der Waals surface area (Å²) in [4.78, 5) is 25.8. The number of aromatic nitrogens is 2. The maximum Gasteiger partial charge on any atom is 0.321 e. The number of hydrogen-bond donors (Lipinski definition) is 1. The third-order valence-electron chi connectivity index (χ3n) is 6.13. The van der Waals surface area contributed by atoms with Gasteiger partial charge >= 0.3 is 6.03 Å². The van der Waals surface area contributed by atoms with Gasteiger partial charge in [0, 0.05) is 43.6 Å². The minimum absolute atomic E-state index is 0.0782. The summed E-state index contributed by atoms with van der Waals surface area (Å²) in [5.74, 6) is 0. The lowest BCUT2D eigenvalue weighted by Gasteiger charge is -2.39. The van der Waals surface area contributed by atoms with Crippen molar-refractivity contribution in [3.63, 3.8) is 0 Å². The van der Waals surface area contributed by atoms with Gasteiger partial charge < -0.3 is 10.2 Å². The molecule has 0 radical (unpaired) electrons. The van der Waals surface area contributed by atoms with Crippen molar-refractivity contribution in [1.82, 2.24) is 19.8 Å². The molecule has 5 rings (SSSR count). The normalized spacial score (nSPS) is 17.7. The molecule has 1 atom stereocenters. The molecule has 1 unspecified atom stereocenters. The van der Waals surface area contributed by atoms with Gasteiger partial charge in [0.1, 0.15) is 0 Å². The Kier molecular flexibility index (Phi) is 7.57. The van der Waals surface area contributed by atoms with Crippen molar-refractivity contribution in [2.45, 2.75) is 32.7 Å². The van der Waals surface area contributed by atoms with E-state index >= 15 is 0 Å². The molecule has 2 amide bonds. The number of pyridine rings is 2. The van der Waals surface area contributed by atoms with Crippen molar-refractivity contribution in [2.75, 3.05) is 31.5 Å². The zero-order chi connectivity index (χ0) is 23.2. The van der Waals surface area contributed by atoms with Crippen LogP contribution >= 0.6 is 11.6 Å². The fourth-order valence-electron chi connectivity index (χ4n) is 4.57. The van der Waals surface area contributed by atoms with Crippen molar-refractivity contribution in [3.8, 4) is 0 Å². The van der Waals surface area contributed by atoms with Crippen LogP contribution in [0.4, 0.5) is 10.5 Å². The molecule has 3 heterocycles. The van der Waals surface area contributed by atoms with Gasteiger partial charge in [-0.3, -0.25) is 14.9 Å². The number of hydrogen-bond acceptors (Lipinski definition) is 4. The maximum absolute atomic E-state index is 12.7. The van der Waals surface area contributed by atoms with Gasteiger partial charge in [0.2, 0.25) is 0 Å². The van der Waals surface area contributed by atoms with E-state index in [0.29, 0.717) is 18.8 Å². The van der Waals surface area contributed by atoms with Crippen LogP contribution in [-0.4, -0.2) is 52.0 Å². The largest absolute Gasteiger partial charge is 0.322 e. The molecule has 1 aliphatic heterocycles. The average molecular weight is 464 g/mol. The van der Waals surface area contributed by atoms with Crippen LogP contribution in [0, 0.1) is 0 Å². The lowest BCUT2D eigenvalue weighted by atomic mass is 9.96. The summed E-state index contributed by atoms with van der Waals surface area (Å²) in [7, 11) is 0. The molecule has 0 bridgehead atoms. The first-order valence-corrected chi connectivity index (χ1v) is 12.0. The summed E-state index contributed by atoms with van der Waals surface area (Å²) in [6.07, 6.45) is 7.14. The van der Waals surface area contributed by atoms with E-state index in [2.05, 4.69) is 33.4 Å². The summed E-state index contributed by atoms with van der Waals surface area (Å²) in [6, 6.07) is 14.1. The number of carbonyl (C=O) groups is 1. The Morgan fingerprint density at radius 2 is 1.76 bits per heavy atom. The zero-order valence-corrected chi connectivity index (χ0v) is 19.9. The highest BCUT2D eigenvalue weighted by molar-refractivity contribution is 6.30. The first-order chi connectivity index (χ1) is 16.2. The smallest absolute Gasteiger partial charge is 0.321 e. The first-order valence-electron chi connectivity index (χ1n) is 11.6. The molecule has 172 valence electrons. The van der Waals surface area contributed by atoms with Gasteiger partial charge in [-0.2, -0.15) is 0 Å². The Morgan fingerprint density at radius 3 is 2.52 bits per heavy atom. The molecule has 33 heavy (non-hydrogen) atoms. The Hall–Kier alpha value is -2.96. The van der Waals surface area contributed by atoms with E-state index in [9.17, 15) is 4.79 Å². The number of amides is 2. The van der Waals surface area contributed by atoms with E-state index in [0.717, 1.165) is 36.6 Å². The molecule has 1 aliphatic carbocycles. The second-order valence-electron chi connectivity index (χ2n) is 7.99. The quantitative estimate of drug-likeness (QED) is 0.567. The van der Waals surface area contributed by atoms with E-state index in [1.165, 1.54) is 16.7 Å². The van der Waals surface area contributed by atoms with Gasteiger partial charge in [0.05, 0.1) is 23.6 Å². The van der Waals surface area contributed by atoms with Crippen LogP contribution in [0.1, 0.15) is 42.3 Å². The van der Waals surface area contributed by atoms with Gasteiger partial charge in [-0.15, -0.1) is 0 Å². The minimum atomic E-state index is -0.0841. The number of benzene rings is 1. The van der Waals surface area contributed by atoms with E-state index in [1.54, 1.807) is 12.4 Å². The molecule has 2 aromatic heterocycles. The number of aryl methyl sites for hydroxylation is 2. The second-order valence-corrected chi connectivity index (χ2v) is 8.42. The fraction of sp³-hybridized carbons (Fsp3) is 0.346. The van der Waals surface area contributed by atoms with Crippen LogP contribution in [0.2, 0.25) is 5.02 Å². The molecule has 3 aromatic rings. The zero-order valence-electron chi connectivity index (χ0n) is 19.2. The number of urea groups is 1. The molecule has 6 nitrogen and oxygen atoms in total. The molecule has 0 saturated carbocycles. The first kappa shape index (κ1) is 23.2. The van der Waals surface area contributed by atoms with Crippen LogP contribution in [0.5, 0.6) is 0 Å². The lowest BCUT2D eigenvalue weighted by Crippen LogP contribution is -2.51. The van der Waals surface area contributed by atoms with Crippen LogP contribution in [0.15, 0.2) is 61.1 Å². The van der Waals surface area contributed by atoms with E-state index in [1.807, 2.05) is 49.2 Å². The molecule has 0 spiro atoms. The topological polar surface area (TPSA) is 61.4 Å². The standard InChI is InChI=1S/C24H24ClN5O.C2H6/c25-19-7-8-21-18(15-19)6-5-17-3-1-10-27-22(17)23(21)29-11-13-30(14-12-29)24(31)28-20-4-2-9-26-16-20;1-2/h1-4,7-10,15-16,23H,5-6,11-14H2,(H,28,31);1-2H3. The molecule has 1 fully saturated rings. The molecule has 1 saturated heterocycles. The van der Waals surface area contributed by atoms with Crippen molar-refractivity contribution >= 4 is 23.3 Å². The highest BCUT2D eigenvalue weighted by atomic mass is 35.5. The number of carbonyl (C=O) groups excluding carboxylic acids is 1. The fourth-order valence-corrected chi connectivity index (χ4v) is 4.77. The Morgan fingerprint density at radius 1 is 1.00 bits per heavy atom. The van der Waals surface area contributed by atoms with E-state index < -0.39 is 0 Å². The third kappa shape index (κ3) is 5.18. The van der Waals surface area contributed by atoms with Crippen LogP contribution in [0.3, 0.4) is 0 Å². The molecular formula is C26H30ClN5O. The number of rotatable bonds is 2. The van der Waals surface area contributed by atoms with Gasteiger partial charge in [-0.05, 0) is 59.9 Å². The van der Waals surface area contributed by atoms with Gasteiger partial charge in [-0.1, -0.05) is 37.6 Å². The second kappa shape index (κ2) is 10.8. The highest BCUT2D eigenvalue weighted by Crippen LogP contribution is 2.37. The van der Waals surface area contributed by atoms with Gasteiger partial charge in [0.25, 0.3) is 0 Å². The lowest BCUT2D eigenvalue weighted by molar-refractivity contribution is 0.125. The Labute approximate surface area is 200 Å². The average Bonchev–Trinajstić information content (AvgIpc) is 3.02. The number of piperazine rings is 1. The summed E-state index contributed by atoms with van der Waals surface area (Å²) in [5.41, 5.74) is 5.68. The van der Waals surface area contributed by atoms with Crippen LogP contribution in [-0.2, 0) is 12.8 Å². The minimum Gasteiger partial charge on any atom is -0.322 e. The monoisotopic (exact) mass is 463 g/mol. The van der Waals surface area contributed by atoms with Crippen molar-refractivity contribution < 1.29 is 4.79 Å².